The first-order valence-electron chi connectivity index (χ1n) is 6.79. The zero-order valence-corrected chi connectivity index (χ0v) is 10.2. The van der Waals surface area contributed by atoms with E-state index < -0.39 is 0 Å². The highest BCUT2D eigenvalue weighted by Crippen LogP contribution is 2.44. The van der Waals surface area contributed by atoms with Crippen molar-refractivity contribution in [1.29, 1.82) is 0 Å². The fourth-order valence-corrected chi connectivity index (χ4v) is 3.59. The van der Waals surface area contributed by atoms with E-state index in [-0.39, 0.29) is 5.82 Å². The molecule has 2 saturated carbocycles. The number of benzene rings is 1. The van der Waals surface area contributed by atoms with Crippen molar-refractivity contribution in [2.75, 3.05) is 6.54 Å². The van der Waals surface area contributed by atoms with Gasteiger partial charge in [0.1, 0.15) is 5.82 Å². The van der Waals surface area contributed by atoms with Gasteiger partial charge in [-0.15, -0.1) is 0 Å². The molecule has 92 valence electrons. The number of halogens is 1. The molecule has 0 aliphatic heterocycles. The van der Waals surface area contributed by atoms with Crippen LogP contribution in [0, 0.1) is 17.7 Å². The molecule has 0 spiro atoms. The van der Waals surface area contributed by atoms with Gasteiger partial charge in [-0.3, -0.25) is 0 Å². The van der Waals surface area contributed by atoms with Crippen LogP contribution in [0.15, 0.2) is 24.3 Å². The summed E-state index contributed by atoms with van der Waals surface area (Å²) in [6, 6.07) is 7.69. The maximum Gasteiger partial charge on any atom is 0.123 e. The molecule has 3 atom stereocenters. The van der Waals surface area contributed by atoms with Crippen molar-refractivity contribution in [3.63, 3.8) is 0 Å². The van der Waals surface area contributed by atoms with Crippen molar-refractivity contribution < 1.29 is 4.39 Å². The smallest absolute Gasteiger partial charge is 0.123 e. The molecule has 2 aliphatic carbocycles. The molecule has 0 saturated heterocycles. The predicted molar refractivity (Wildman–Crippen MR) is 67.3 cm³/mol. The quantitative estimate of drug-likeness (QED) is 0.842. The number of fused-ring (bicyclic) bond motifs is 2. The van der Waals surface area contributed by atoms with Crippen LogP contribution in [0.1, 0.15) is 31.2 Å². The summed E-state index contributed by atoms with van der Waals surface area (Å²) in [5, 5.41) is 3.66. The Bertz CT molecular complexity index is 390. The first kappa shape index (κ1) is 11.2. The Morgan fingerprint density at radius 1 is 1.24 bits per heavy atom. The van der Waals surface area contributed by atoms with Crippen LogP contribution in [0.25, 0.3) is 0 Å². The molecule has 2 bridgehead atoms. The summed E-state index contributed by atoms with van der Waals surface area (Å²) < 4.78 is 13.0. The lowest BCUT2D eigenvalue weighted by atomic mass is 9.95. The topological polar surface area (TPSA) is 12.0 Å². The average molecular weight is 233 g/mol. The summed E-state index contributed by atoms with van der Waals surface area (Å²) in [4.78, 5) is 0. The summed E-state index contributed by atoms with van der Waals surface area (Å²) in [6.07, 6.45) is 6.62. The molecule has 1 nitrogen and oxygen atoms in total. The van der Waals surface area contributed by atoms with Crippen LogP contribution in [-0.2, 0) is 6.42 Å². The maximum atomic E-state index is 13.0. The zero-order chi connectivity index (χ0) is 11.7. The van der Waals surface area contributed by atoms with Crippen molar-refractivity contribution in [2.45, 2.75) is 38.1 Å². The van der Waals surface area contributed by atoms with Gasteiger partial charge in [0.25, 0.3) is 0 Å². The minimum atomic E-state index is -0.123. The molecule has 2 heteroatoms. The molecule has 0 aromatic heterocycles. The van der Waals surface area contributed by atoms with Gasteiger partial charge in [-0.25, -0.2) is 4.39 Å². The van der Waals surface area contributed by atoms with E-state index in [4.69, 9.17) is 0 Å². The van der Waals surface area contributed by atoms with Crippen LogP contribution in [0.5, 0.6) is 0 Å². The highest BCUT2D eigenvalue weighted by Gasteiger charge is 2.38. The van der Waals surface area contributed by atoms with Gasteiger partial charge >= 0.3 is 0 Å². The Balaban J connectivity index is 1.46. The monoisotopic (exact) mass is 233 g/mol. The van der Waals surface area contributed by atoms with Crippen molar-refractivity contribution in [2.24, 2.45) is 11.8 Å². The lowest BCUT2D eigenvalue weighted by Gasteiger charge is -2.22. The minimum Gasteiger partial charge on any atom is -0.313 e. The maximum absolute atomic E-state index is 13.0. The van der Waals surface area contributed by atoms with Crippen LogP contribution in [-0.4, -0.2) is 12.6 Å². The molecule has 0 radical (unpaired) electrons. The largest absolute Gasteiger partial charge is 0.313 e. The molecule has 0 heterocycles. The third-order valence-electron chi connectivity index (χ3n) is 4.45. The van der Waals surface area contributed by atoms with Crippen molar-refractivity contribution >= 4 is 0 Å². The third kappa shape index (κ3) is 2.52. The molecule has 2 fully saturated rings. The van der Waals surface area contributed by atoms with E-state index in [9.17, 15) is 4.39 Å². The second-order valence-corrected chi connectivity index (χ2v) is 5.62. The van der Waals surface area contributed by atoms with Crippen molar-refractivity contribution in [3.8, 4) is 0 Å². The molecule has 3 rings (SSSR count). The number of hydrogen-bond donors (Lipinski definition) is 1. The van der Waals surface area contributed by atoms with E-state index in [0.717, 1.165) is 36.4 Å². The Morgan fingerprint density at radius 2 is 2.18 bits per heavy atom. The summed E-state index contributed by atoms with van der Waals surface area (Å²) in [5.41, 5.74) is 1.10. The fraction of sp³-hybridized carbons (Fsp3) is 0.600. The Hall–Kier alpha value is -0.890. The lowest BCUT2D eigenvalue weighted by molar-refractivity contribution is 0.354. The summed E-state index contributed by atoms with van der Waals surface area (Å²) in [5.74, 6) is 1.79. The Kier molecular flexibility index (Phi) is 3.15. The number of rotatable bonds is 4. The molecule has 1 N–H and O–H groups in total. The lowest BCUT2D eigenvalue weighted by Crippen LogP contribution is -2.35. The average Bonchev–Trinajstić information content (AvgIpc) is 2.91. The van der Waals surface area contributed by atoms with Crippen molar-refractivity contribution in [1.82, 2.24) is 5.32 Å². The summed E-state index contributed by atoms with van der Waals surface area (Å²) >= 11 is 0. The van der Waals surface area contributed by atoms with E-state index in [0.29, 0.717) is 0 Å². The van der Waals surface area contributed by atoms with E-state index in [2.05, 4.69) is 5.32 Å². The SMILES string of the molecule is Fc1cccc(CCNC2CC3CCC2C3)c1. The highest BCUT2D eigenvalue weighted by molar-refractivity contribution is 5.16. The first-order valence-corrected chi connectivity index (χ1v) is 6.79. The second-order valence-electron chi connectivity index (χ2n) is 5.62. The van der Waals surface area contributed by atoms with Crippen LogP contribution >= 0.6 is 0 Å². The van der Waals surface area contributed by atoms with E-state index in [1.54, 1.807) is 12.1 Å². The molecule has 1 aromatic rings. The molecular weight excluding hydrogens is 213 g/mol. The minimum absolute atomic E-state index is 0.123. The normalized spacial score (nSPS) is 31.0. The van der Waals surface area contributed by atoms with Gasteiger partial charge in [-0.05, 0) is 61.8 Å². The van der Waals surface area contributed by atoms with Crippen LogP contribution in [0.2, 0.25) is 0 Å². The van der Waals surface area contributed by atoms with Crippen LogP contribution < -0.4 is 5.32 Å². The molecule has 1 aromatic carbocycles. The molecule has 2 aliphatic rings. The summed E-state index contributed by atoms with van der Waals surface area (Å²) in [7, 11) is 0. The van der Waals surface area contributed by atoms with E-state index in [1.165, 1.54) is 31.7 Å². The van der Waals surface area contributed by atoms with Crippen LogP contribution in [0.3, 0.4) is 0 Å². The van der Waals surface area contributed by atoms with E-state index >= 15 is 0 Å². The Morgan fingerprint density at radius 3 is 2.88 bits per heavy atom. The van der Waals surface area contributed by atoms with E-state index in [1.807, 2.05) is 6.07 Å². The molecular formula is C15H20FN. The second kappa shape index (κ2) is 4.77. The fourth-order valence-electron chi connectivity index (χ4n) is 3.59. The van der Waals surface area contributed by atoms with Gasteiger partial charge in [0.15, 0.2) is 0 Å². The van der Waals surface area contributed by atoms with Gasteiger partial charge in [0.05, 0.1) is 0 Å². The third-order valence-corrected chi connectivity index (χ3v) is 4.45. The Labute approximate surface area is 102 Å². The van der Waals surface area contributed by atoms with Gasteiger partial charge in [0.2, 0.25) is 0 Å². The standard InChI is InChI=1S/C15H20FN/c16-14-3-1-2-11(9-14)6-7-17-15-10-12-4-5-13(15)8-12/h1-3,9,12-13,15,17H,4-8,10H2. The van der Waals surface area contributed by atoms with Gasteiger partial charge in [-0.1, -0.05) is 18.6 Å². The van der Waals surface area contributed by atoms with Gasteiger partial charge in [0, 0.05) is 6.04 Å². The first-order chi connectivity index (χ1) is 8.31. The zero-order valence-electron chi connectivity index (χ0n) is 10.2. The predicted octanol–water partition coefficient (Wildman–Crippen LogP) is 3.15. The van der Waals surface area contributed by atoms with Gasteiger partial charge < -0.3 is 5.32 Å². The highest BCUT2D eigenvalue weighted by atomic mass is 19.1. The molecule has 17 heavy (non-hydrogen) atoms. The molecule has 0 amide bonds. The summed E-state index contributed by atoms with van der Waals surface area (Å²) in [6.45, 7) is 0.983. The molecule has 3 unspecified atom stereocenters. The number of nitrogens with one attached hydrogen (secondary N) is 1. The number of hydrogen-bond acceptors (Lipinski definition) is 1. The van der Waals surface area contributed by atoms with Gasteiger partial charge in [-0.2, -0.15) is 0 Å². The van der Waals surface area contributed by atoms with Crippen LogP contribution in [0.4, 0.5) is 4.39 Å². The van der Waals surface area contributed by atoms with Crippen molar-refractivity contribution in [3.05, 3.63) is 35.6 Å².